The number of oxime groups is 1. The van der Waals surface area contributed by atoms with Crippen molar-refractivity contribution in [1.29, 1.82) is 0 Å². The topological polar surface area (TPSA) is 62.0 Å². The second-order valence-corrected chi connectivity index (χ2v) is 1.92. The van der Waals surface area contributed by atoms with E-state index in [1.165, 1.54) is 0 Å². The van der Waals surface area contributed by atoms with Gasteiger partial charge in [-0.05, 0) is 0 Å². The van der Waals surface area contributed by atoms with Crippen LogP contribution in [0.5, 0.6) is 0 Å². The molecule has 2 N–H and O–H groups in total. The Labute approximate surface area is 52.7 Å². The molecule has 0 radical (unpaired) electrons. The molecular formula is C5H9NO3. The Kier molecular flexibility index (Phi) is 2.02. The van der Waals surface area contributed by atoms with Crippen molar-refractivity contribution in [2.45, 2.75) is 18.6 Å². The average molecular weight is 131 g/mol. The van der Waals surface area contributed by atoms with Gasteiger partial charge in [-0.15, -0.1) is 0 Å². The van der Waals surface area contributed by atoms with E-state index in [0.29, 0.717) is 6.42 Å². The van der Waals surface area contributed by atoms with Gasteiger partial charge in [0.25, 0.3) is 0 Å². The number of aliphatic hydroxyl groups is 2. The Hall–Kier alpha value is -0.610. The molecule has 0 spiro atoms. The van der Waals surface area contributed by atoms with Gasteiger partial charge in [0.2, 0.25) is 0 Å². The lowest BCUT2D eigenvalue weighted by molar-refractivity contribution is -0.0407. The van der Waals surface area contributed by atoms with Crippen LogP contribution in [0.2, 0.25) is 0 Å². The first-order valence-corrected chi connectivity index (χ1v) is 2.81. The highest BCUT2D eigenvalue weighted by atomic mass is 16.6. The summed E-state index contributed by atoms with van der Waals surface area (Å²) in [5.74, 6) is 0. The average Bonchev–Trinajstić information content (AvgIpc) is 2.37. The zero-order valence-electron chi connectivity index (χ0n) is 4.90. The third kappa shape index (κ3) is 1.40. The molecule has 0 fully saturated rings. The molecule has 52 valence electrons. The summed E-state index contributed by atoms with van der Waals surface area (Å²) in [6.45, 7) is -0.270. The number of hydrogen-bond acceptors (Lipinski definition) is 4. The molecule has 0 unspecified atom stereocenters. The fourth-order valence-electron chi connectivity index (χ4n) is 0.656. The highest BCUT2D eigenvalue weighted by Gasteiger charge is 2.21. The zero-order valence-corrected chi connectivity index (χ0v) is 4.90. The summed E-state index contributed by atoms with van der Waals surface area (Å²) >= 11 is 0. The Bertz CT molecular complexity index is 107. The van der Waals surface area contributed by atoms with Crippen molar-refractivity contribution in [3.8, 4) is 0 Å². The standard InChI is InChI=1S/C5H9NO3/c7-3-4(8)5-1-2-6-9-5/h2,4-5,7-8H,1,3H2/t4-,5-/m1/s1. The summed E-state index contributed by atoms with van der Waals surface area (Å²) in [5, 5.41) is 20.8. The molecule has 1 heterocycles. The van der Waals surface area contributed by atoms with Crippen LogP contribution in [0.25, 0.3) is 0 Å². The first kappa shape index (κ1) is 6.51. The van der Waals surface area contributed by atoms with Gasteiger partial charge in [-0.1, -0.05) is 5.16 Å². The van der Waals surface area contributed by atoms with Crippen molar-refractivity contribution < 1.29 is 15.1 Å². The van der Waals surface area contributed by atoms with Crippen molar-refractivity contribution >= 4 is 6.21 Å². The summed E-state index contributed by atoms with van der Waals surface area (Å²) < 4.78 is 0. The van der Waals surface area contributed by atoms with Crippen molar-refractivity contribution in [1.82, 2.24) is 0 Å². The molecule has 0 aromatic rings. The third-order valence-electron chi connectivity index (χ3n) is 1.22. The second-order valence-electron chi connectivity index (χ2n) is 1.92. The van der Waals surface area contributed by atoms with Crippen molar-refractivity contribution in [2.75, 3.05) is 6.61 Å². The first-order valence-electron chi connectivity index (χ1n) is 2.81. The molecule has 0 saturated heterocycles. The quantitative estimate of drug-likeness (QED) is 0.511. The molecular weight excluding hydrogens is 122 g/mol. The molecule has 2 atom stereocenters. The van der Waals surface area contributed by atoms with Crippen LogP contribution in [-0.2, 0) is 4.84 Å². The Balaban J connectivity index is 2.27. The normalized spacial score (nSPS) is 28.0. The molecule has 0 aromatic heterocycles. The highest BCUT2D eigenvalue weighted by Crippen LogP contribution is 2.08. The summed E-state index contributed by atoms with van der Waals surface area (Å²) in [6, 6.07) is 0. The SMILES string of the molecule is OC[C@@H](O)[C@H]1CC=NO1. The summed E-state index contributed by atoms with van der Waals surface area (Å²) in [7, 11) is 0. The molecule has 0 amide bonds. The van der Waals surface area contributed by atoms with E-state index in [2.05, 4.69) is 9.99 Å². The predicted molar refractivity (Wildman–Crippen MR) is 31.1 cm³/mol. The fraction of sp³-hybridized carbons (Fsp3) is 0.800. The third-order valence-corrected chi connectivity index (χ3v) is 1.22. The van der Waals surface area contributed by atoms with Gasteiger partial charge in [0.15, 0.2) is 6.10 Å². The van der Waals surface area contributed by atoms with Crippen LogP contribution in [0.4, 0.5) is 0 Å². The molecule has 1 aliphatic heterocycles. The van der Waals surface area contributed by atoms with E-state index in [4.69, 9.17) is 10.2 Å². The van der Waals surface area contributed by atoms with Crippen LogP contribution >= 0.6 is 0 Å². The monoisotopic (exact) mass is 131 g/mol. The summed E-state index contributed by atoms with van der Waals surface area (Å²) in [5.41, 5.74) is 0. The van der Waals surface area contributed by atoms with Crippen molar-refractivity contribution in [3.05, 3.63) is 0 Å². The van der Waals surface area contributed by atoms with Gasteiger partial charge in [0.1, 0.15) is 6.10 Å². The summed E-state index contributed by atoms with van der Waals surface area (Å²) in [6.07, 6.45) is 1.02. The van der Waals surface area contributed by atoms with E-state index in [1.54, 1.807) is 6.21 Å². The fourth-order valence-corrected chi connectivity index (χ4v) is 0.656. The Morgan fingerprint density at radius 3 is 3.11 bits per heavy atom. The van der Waals surface area contributed by atoms with E-state index in [9.17, 15) is 0 Å². The molecule has 0 aliphatic carbocycles. The predicted octanol–water partition coefficient (Wildman–Crippen LogP) is -0.886. The molecule has 1 aliphatic rings. The van der Waals surface area contributed by atoms with Gasteiger partial charge in [0, 0.05) is 12.6 Å². The van der Waals surface area contributed by atoms with Gasteiger partial charge in [-0.3, -0.25) is 0 Å². The minimum Gasteiger partial charge on any atom is -0.394 e. The van der Waals surface area contributed by atoms with Crippen LogP contribution in [0.3, 0.4) is 0 Å². The molecule has 4 heteroatoms. The lowest BCUT2D eigenvalue weighted by Crippen LogP contribution is -2.28. The molecule has 0 bridgehead atoms. The largest absolute Gasteiger partial charge is 0.394 e. The number of hydrogen-bond donors (Lipinski definition) is 2. The minimum atomic E-state index is -0.799. The van der Waals surface area contributed by atoms with Crippen LogP contribution in [-0.4, -0.2) is 35.2 Å². The van der Waals surface area contributed by atoms with Gasteiger partial charge < -0.3 is 15.1 Å². The number of aliphatic hydroxyl groups excluding tert-OH is 2. The zero-order chi connectivity index (χ0) is 6.69. The lowest BCUT2D eigenvalue weighted by Gasteiger charge is -2.11. The smallest absolute Gasteiger partial charge is 0.160 e. The van der Waals surface area contributed by atoms with E-state index in [0.717, 1.165) is 0 Å². The molecule has 9 heavy (non-hydrogen) atoms. The van der Waals surface area contributed by atoms with Crippen molar-refractivity contribution in [2.24, 2.45) is 5.16 Å². The van der Waals surface area contributed by atoms with Crippen LogP contribution in [0.15, 0.2) is 5.16 Å². The number of rotatable bonds is 2. The lowest BCUT2D eigenvalue weighted by atomic mass is 10.2. The van der Waals surface area contributed by atoms with E-state index < -0.39 is 6.10 Å². The Morgan fingerprint density at radius 1 is 1.89 bits per heavy atom. The van der Waals surface area contributed by atoms with Crippen LogP contribution < -0.4 is 0 Å². The van der Waals surface area contributed by atoms with Gasteiger partial charge >= 0.3 is 0 Å². The summed E-state index contributed by atoms with van der Waals surface area (Å²) in [4.78, 5) is 4.67. The van der Waals surface area contributed by atoms with Crippen LogP contribution in [0.1, 0.15) is 6.42 Å². The molecule has 0 saturated carbocycles. The Morgan fingerprint density at radius 2 is 2.67 bits per heavy atom. The minimum absolute atomic E-state index is 0.270. The maximum atomic E-state index is 8.90. The van der Waals surface area contributed by atoms with Crippen LogP contribution in [0, 0.1) is 0 Å². The van der Waals surface area contributed by atoms with E-state index in [1.807, 2.05) is 0 Å². The maximum Gasteiger partial charge on any atom is 0.160 e. The maximum absolute atomic E-state index is 8.90. The first-order chi connectivity index (χ1) is 4.34. The van der Waals surface area contributed by atoms with E-state index in [-0.39, 0.29) is 12.7 Å². The number of nitrogens with zero attached hydrogens (tertiary/aromatic N) is 1. The van der Waals surface area contributed by atoms with Gasteiger partial charge in [-0.25, -0.2) is 0 Å². The molecule has 1 rings (SSSR count). The molecule has 4 nitrogen and oxygen atoms in total. The second kappa shape index (κ2) is 2.80. The van der Waals surface area contributed by atoms with Crippen molar-refractivity contribution in [3.63, 3.8) is 0 Å². The van der Waals surface area contributed by atoms with E-state index >= 15 is 0 Å². The van der Waals surface area contributed by atoms with Gasteiger partial charge in [-0.2, -0.15) is 0 Å². The molecule has 0 aromatic carbocycles. The van der Waals surface area contributed by atoms with Gasteiger partial charge in [0.05, 0.1) is 6.61 Å². The highest BCUT2D eigenvalue weighted by molar-refractivity contribution is 5.58.